The van der Waals surface area contributed by atoms with Crippen molar-refractivity contribution in [2.75, 3.05) is 5.32 Å². The van der Waals surface area contributed by atoms with Crippen LogP contribution in [0.4, 0.5) is 24.7 Å². The van der Waals surface area contributed by atoms with Gasteiger partial charge in [-0.05, 0) is 42.3 Å². The van der Waals surface area contributed by atoms with E-state index in [-0.39, 0.29) is 11.5 Å². The smallest absolute Gasteiger partial charge is 0.336 e. The largest absolute Gasteiger partial charge is 0.417 e. The number of benzene rings is 2. The minimum absolute atomic E-state index is 0.0514. The van der Waals surface area contributed by atoms with Crippen molar-refractivity contribution >= 4 is 23.1 Å². The Morgan fingerprint density at radius 1 is 1.09 bits per heavy atom. The quantitative estimate of drug-likeness (QED) is 0.451. The molecular formula is C20H15ClF3N7O. The molecular weight excluding hydrogens is 447 g/mol. The molecule has 164 valence electrons. The second kappa shape index (κ2) is 8.79. The first kappa shape index (κ1) is 21.5. The van der Waals surface area contributed by atoms with Crippen molar-refractivity contribution in [3.05, 3.63) is 87.2 Å². The predicted molar refractivity (Wildman–Crippen MR) is 111 cm³/mol. The Bertz CT molecular complexity index is 1270. The van der Waals surface area contributed by atoms with Gasteiger partial charge in [0.25, 0.3) is 5.56 Å². The number of nitrogens with one attached hydrogen (secondary N) is 2. The van der Waals surface area contributed by atoms with Crippen LogP contribution in [0.1, 0.15) is 17.0 Å². The molecule has 0 spiro atoms. The lowest BCUT2D eigenvalue weighted by Gasteiger charge is -2.12. The third kappa shape index (κ3) is 4.78. The summed E-state index contributed by atoms with van der Waals surface area (Å²) < 4.78 is 40.0. The monoisotopic (exact) mass is 461 g/mol. The molecule has 0 amide bonds. The molecule has 0 aliphatic heterocycles. The molecule has 2 aromatic carbocycles. The van der Waals surface area contributed by atoms with Crippen molar-refractivity contribution in [3.8, 4) is 5.69 Å². The standard InChI is InChI=1S/C20H15ClF3N7O/c21-16-11-13(4-7-15(16)20(22,23)24)26-18-19(32)31(10-9-25-18)14-5-1-12(2-6-14)3-8-17-27-29-30-28-17/h1-2,4-7,9-11H,3,8H2,(H,25,26)(H,27,28,29,30). The molecule has 12 heteroatoms. The Morgan fingerprint density at radius 3 is 2.53 bits per heavy atom. The van der Waals surface area contributed by atoms with Crippen LogP contribution in [0.5, 0.6) is 0 Å². The van der Waals surface area contributed by atoms with Gasteiger partial charge in [-0.2, -0.15) is 18.4 Å². The molecule has 0 radical (unpaired) electrons. The molecule has 2 heterocycles. The van der Waals surface area contributed by atoms with Crippen LogP contribution in [0.15, 0.2) is 59.7 Å². The maximum Gasteiger partial charge on any atom is 0.417 e. The normalized spacial score (nSPS) is 11.5. The molecule has 0 aliphatic carbocycles. The maximum atomic E-state index is 12.9. The number of anilines is 2. The van der Waals surface area contributed by atoms with Crippen molar-refractivity contribution in [1.29, 1.82) is 0 Å². The number of nitrogens with zero attached hydrogens (tertiary/aromatic N) is 5. The fourth-order valence-corrected chi connectivity index (χ4v) is 3.32. The Labute approximate surface area is 184 Å². The summed E-state index contributed by atoms with van der Waals surface area (Å²) in [5.41, 5.74) is 0.417. The summed E-state index contributed by atoms with van der Waals surface area (Å²) in [6.45, 7) is 0. The van der Waals surface area contributed by atoms with Crippen LogP contribution < -0.4 is 10.9 Å². The molecule has 0 bridgehead atoms. The third-order valence-electron chi connectivity index (χ3n) is 4.62. The molecule has 0 atom stereocenters. The van der Waals surface area contributed by atoms with Crippen LogP contribution in [-0.2, 0) is 19.0 Å². The first-order chi connectivity index (χ1) is 15.3. The van der Waals surface area contributed by atoms with Gasteiger partial charge in [0.15, 0.2) is 11.6 Å². The van der Waals surface area contributed by atoms with E-state index in [1.807, 2.05) is 12.1 Å². The minimum Gasteiger partial charge on any atom is -0.336 e. The summed E-state index contributed by atoms with van der Waals surface area (Å²) >= 11 is 5.74. The Balaban J connectivity index is 1.52. The van der Waals surface area contributed by atoms with Crippen molar-refractivity contribution in [3.63, 3.8) is 0 Å². The molecule has 32 heavy (non-hydrogen) atoms. The van der Waals surface area contributed by atoms with E-state index in [9.17, 15) is 18.0 Å². The van der Waals surface area contributed by atoms with E-state index in [1.54, 1.807) is 12.1 Å². The highest BCUT2D eigenvalue weighted by Crippen LogP contribution is 2.36. The van der Waals surface area contributed by atoms with E-state index in [2.05, 4.69) is 30.9 Å². The van der Waals surface area contributed by atoms with Gasteiger partial charge < -0.3 is 5.32 Å². The fraction of sp³-hybridized carbons (Fsp3) is 0.150. The molecule has 0 saturated heterocycles. The lowest BCUT2D eigenvalue weighted by atomic mass is 10.1. The van der Waals surface area contributed by atoms with Crippen LogP contribution in [0.25, 0.3) is 5.69 Å². The third-order valence-corrected chi connectivity index (χ3v) is 4.93. The number of halogens is 4. The highest BCUT2D eigenvalue weighted by Gasteiger charge is 2.33. The number of rotatable bonds is 6. The zero-order valence-electron chi connectivity index (χ0n) is 16.3. The number of aromatic nitrogens is 6. The molecule has 2 N–H and O–H groups in total. The number of hydrogen-bond acceptors (Lipinski definition) is 6. The second-order valence-corrected chi connectivity index (χ2v) is 7.17. The topological polar surface area (TPSA) is 101 Å². The molecule has 2 aromatic heterocycles. The average Bonchev–Trinajstić information content (AvgIpc) is 3.27. The number of tetrazole rings is 1. The van der Waals surface area contributed by atoms with Crippen LogP contribution in [-0.4, -0.2) is 30.2 Å². The average molecular weight is 462 g/mol. The summed E-state index contributed by atoms with van der Waals surface area (Å²) in [4.78, 5) is 16.9. The summed E-state index contributed by atoms with van der Waals surface area (Å²) in [5.74, 6) is 0.558. The van der Waals surface area contributed by atoms with Crippen molar-refractivity contribution < 1.29 is 13.2 Å². The van der Waals surface area contributed by atoms with E-state index in [0.29, 0.717) is 24.4 Å². The Morgan fingerprint density at radius 2 is 1.88 bits per heavy atom. The Kier molecular flexibility index (Phi) is 5.91. The van der Waals surface area contributed by atoms with Crippen LogP contribution >= 0.6 is 11.6 Å². The fourth-order valence-electron chi connectivity index (χ4n) is 3.03. The van der Waals surface area contributed by atoms with E-state index in [4.69, 9.17) is 11.6 Å². The van der Waals surface area contributed by atoms with Crippen LogP contribution in [0.2, 0.25) is 5.02 Å². The lowest BCUT2D eigenvalue weighted by Crippen LogP contribution is -2.21. The van der Waals surface area contributed by atoms with Gasteiger partial charge in [-0.15, -0.1) is 10.2 Å². The van der Waals surface area contributed by atoms with Crippen molar-refractivity contribution in [1.82, 2.24) is 30.2 Å². The van der Waals surface area contributed by atoms with Crippen molar-refractivity contribution in [2.24, 2.45) is 0 Å². The van der Waals surface area contributed by atoms with E-state index < -0.39 is 22.3 Å². The molecule has 0 saturated carbocycles. The summed E-state index contributed by atoms with van der Waals surface area (Å²) in [6, 6.07) is 10.5. The highest BCUT2D eigenvalue weighted by atomic mass is 35.5. The highest BCUT2D eigenvalue weighted by molar-refractivity contribution is 6.31. The lowest BCUT2D eigenvalue weighted by molar-refractivity contribution is -0.137. The maximum absolute atomic E-state index is 12.9. The number of alkyl halides is 3. The molecule has 4 rings (SSSR count). The van der Waals surface area contributed by atoms with Gasteiger partial charge in [-0.1, -0.05) is 28.9 Å². The number of hydrogen-bond donors (Lipinski definition) is 2. The first-order valence-electron chi connectivity index (χ1n) is 9.34. The summed E-state index contributed by atoms with van der Waals surface area (Å²) in [5, 5.41) is 16.0. The SMILES string of the molecule is O=c1c(Nc2ccc(C(F)(F)F)c(Cl)c2)nccn1-c1ccc(CCc2nn[nH]n2)cc1. The van der Waals surface area contributed by atoms with Gasteiger partial charge >= 0.3 is 6.18 Å². The molecule has 0 aliphatic rings. The molecule has 0 fully saturated rings. The van der Waals surface area contributed by atoms with E-state index >= 15 is 0 Å². The van der Waals surface area contributed by atoms with Gasteiger partial charge in [0.05, 0.1) is 10.6 Å². The zero-order valence-corrected chi connectivity index (χ0v) is 17.0. The summed E-state index contributed by atoms with van der Waals surface area (Å²) in [7, 11) is 0. The van der Waals surface area contributed by atoms with Crippen LogP contribution in [0.3, 0.4) is 0 Å². The number of aryl methyl sites for hydroxylation is 2. The van der Waals surface area contributed by atoms with E-state index in [1.165, 1.54) is 23.0 Å². The van der Waals surface area contributed by atoms with Gasteiger partial charge in [0, 0.05) is 30.2 Å². The summed E-state index contributed by atoms with van der Waals surface area (Å²) in [6.07, 6.45) is -0.326. The first-order valence-corrected chi connectivity index (χ1v) is 9.72. The molecule has 8 nitrogen and oxygen atoms in total. The van der Waals surface area contributed by atoms with Crippen molar-refractivity contribution in [2.45, 2.75) is 19.0 Å². The predicted octanol–water partition coefficient (Wildman–Crippen LogP) is 3.95. The number of aromatic amines is 1. The number of H-pyrrole nitrogens is 1. The van der Waals surface area contributed by atoms with Gasteiger partial charge in [0.2, 0.25) is 0 Å². The zero-order chi connectivity index (χ0) is 22.7. The minimum atomic E-state index is -4.56. The van der Waals surface area contributed by atoms with E-state index in [0.717, 1.165) is 17.7 Å². The van der Waals surface area contributed by atoms with Crippen LogP contribution in [0, 0.1) is 0 Å². The molecule has 4 aromatic rings. The second-order valence-electron chi connectivity index (χ2n) is 6.76. The Hall–Kier alpha value is -3.73. The van der Waals surface area contributed by atoms with Gasteiger partial charge in [-0.3, -0.25) is 9.36 Å². The van der Waals surface area contributed by atoms with Gasteiger partial charge in [0.1, 0.15) is 0 Å². The molecule has 0 unspecified atom stereocenters. The van der Waals surface area contributed by atoms with Gasteiger partial charge in [-0.25, -0.2) is 4.98 Å².